The number of nitrogens with one attached hydrogen (secondary N) is 2. The Balaban J connectivity index is 2.02. The third-order valence-electron chi connectivity index (χ3n) is 2.82. The quantitative estimate of drug-likeness (QED) is 0.487. The van der Waals surface area contributed by atoms with Gasteiger partial charge in [0.15, 0.2) is 0 Å². The highest BCUT2D eigenvalue weighted by Crippen LogP contribution is 2.24. The van der Waals surface area contributed by atoms with Crippen LogP contribution in [0.4, 0.5) is 17.6 Å². The second-order valence-electron chi connectivity index (χ2n) is 4.11. The van der Waals surface area contributed by atoms with Crippen LogP contribution in [-0.4, -0.2) is 27.0 Å². The molecule has 1 aromatic carbocycles. The second-order valence-corrected chi connectivity index (χ2v) is 4.11. The van der Waals surface area contributed by atoms with E-state index in [-0.39, 0.29) is 12.0 Å². The van der Waals surface area contributed by atoms with Gasteiger partial charge in [0.05, 0.1) is 18.3 Å². The fraction of sp³-hybridized carbons (Fsp3) is 0.0769. The van der Waals surface area contributed by atoms with Crippen molar-refractivity contribution in [3.8, 4) is 6.01 Å². The molecule has 0 bridgehead atoms. The van der Waals surface area contributed by atoms with Crippen LogP contribution in [0.25, 0.3) is 10.9 Å². The minimum Gasteiger partial charge on any atom is -0.467 e. The molecule has 0 radical (unpaired) electrons. The minimum absolute atomic E-state index is 0.166. The minimum atomic E-state index is 0.166. The van der Waals surface area contributed by atoms with Gasteiger partial charge in [-0.3, -0.25) is 10.4 Å². The van der Waals surface area contributed by atoms with E-state index in [0.717, 1.165) is 16.6 Å². The SMILES string of the molecule is COc1nc(NN)nc(Nc2cccc3ncccc23)n1. The molecule has 3 rings (SSSR count). The molecule has 3 aromatic rings. The van der Waals surface area contributed by atoms with E-state index in [1.165, 1.54) is 7.11 Å². The monoisotopic (exact) mass is 283 g/mol. The first-order chi connectivity index (χ1) is 10.3. The molecule has 0 saturated heterocycles. The summed E-state index contributed by atoms with van der Waals surface area (Å²) < 4.78 is 5.01. The van der Waals surface area contributed by atoms with E-state index in [9.17, 15) is 0 Å². The molecule has 0 spiro atoms. The standard InChI is InChI=1S/C13H13N7O/c1-21-13-18-11(17-12(19-13)20-14)16-10-6-2-5-9-8(10)4-3-7-15-9/h2-7H,14H2,1H3,(H2,16,17,18,19,20). The smallest absolute Gasteiger partial charge is 0.322 e. The molecule has 21 heavy (non-hydrogen) atoms. The molecule has 8 nitrogen and oxygen atoms in total. The first-order valence-electron chi connectivity index (χ1n) is 6.17. The topological polar surface area (TPSA) is 111 Å². The van der Waals surface area contributed by atoms with E-state index < -0.39 is 0 Å². The maximum absolute atomic E-state index is 5.33. The van der Waals surface area contributed by atoms with Gasteiger partial charge in [0.2, 0.25) is 11.9 Å². The largest absolute Gasteiger partial charge is 0.467 e. The van der Waals surface area contributed by atoms with Gasteiger partial charge in [-0.25, -0.2) is 5.84 Å². The Labute approximate surface area is 120 Å². The zero-order chi connectivity index (χ0) is 14.7. The van der Waals surface area contributed by atoms with Gasteiger partial charge < -0.3 is 10.1 Å². The van der Waals surface area contributed by atoms with Gasteiger partial charge in [0.1, 0.15) is 0 Å². The number of fused-ring (bicyclic) bond motifs is 1. The molecule has 2 heterocycles. The molecule has 0 saturated carbocycles. The van der Waals surface area contributed by atoms with Crippen LogP contribution in [0, 0.1) is 0 Å². The summed E-state index contributed by atoms with van der Waals surface area (Å²) in [7, 11) is 1.47. The average molecular weight is 283 g/mol. The van der Waals surface area contributed by atoms with Gasteiger partial charge >= 0.3 is 6.01 Å². The van der Waals surface area contributed by atoms with Crippen molar-refractivity contribution in [2.45, 2.75) is 0 Å². The van der Waals surface area contributed by atoms with E-state index in [1.807, 2.05) is 30.3 Å². The van der Waals surface area contributed by atoms with E-state index >= 15 is 0 Å². The highest BCUT2D eigenvalue weighted by atomic mass is 16.5. The lowest BCUT2D eigenvalue weighted by molar-refractivity contribution is 0.379. The van der Waals surface area contributed by atoms with Crippen LogP contribution in [-0.2, 0) is 0 Å². The summed E-state index contributed by atoms with van der Waals surface area (Å²) in [5.74, 6) is 5.87. The van der Waals surface area contributed by atoms with Crippen LogP contribution >= 0.6 is 0 Å². The second kappa shape index (κ2) is 5.55. The Morgan fingerprint density at radius 2 is 1.90 bits per heavy atom. The predicted octanol–water partition coefficient (Wildman–Crippen LogP) is 1.46. The Kier molecular flexibility index (Phi) is 3.44. The number of rotatable bonds is 4. The van der Waals surface area contributed by atoms with Crippen molar-refractivity contribution in [2.24, 2.45) is 5.84 Å². The molecule has 0 unspecified atom stereocenters. The van der Waals surface area contributed by atoms with Crippen LogP contribution in [0.15, 0.2) is 36.5 Å². The summed E-state index contributed by atoms with van der Waals surface area (Å²) in [5, 5.41) is 4.08. The van der Waals surface area contributed by atoms with Crippen molar-refractivity contribution in [1.29, 1.82) is 0 Å². The van der Waals surface area contributed by atoms with Gasteiger partial charge in [-0.15, -0.1) is 0 Å². The Morgan fingerprint density at radius 3 is 2.71 bits per heavy atom. The Hall–Kier alpha value is -3.00. The van der Waals surface area contributed by atoms with E-state index in [4.69, 9.17) is 10.6 Å². The van der Waals surface area contributed by atoms with Crippen molar-refractivity contribution < 1.29 is 4.74 Å². The molecular weight excluding hydrogens is 270 g/mol. The summed E-state index contributed by atoms with van der Waals surface area (Å²) >= 11 is 0. The van der Waals surface area contributed by atoms with Crippen LogP contribution < -0.4 is 21.3 Å². The predicted molar refractivity (Wildman–Crippen MR) is 79.2 cm³/mol. The summed E-state index contributed by atoms with van der Waals surface area (Å²) in [4.78, 5) is 16.5. The van der Waals surface area contributed by atoms with E-state index in [0.29, 0.717) is 5.95 Å². The molecule has 2 aromatic heterocycles. The lowest BCUT2D eigenvalue weighted by atomic mass is 10.2. The number of hydrazine groups is 1. The summed E-state index contributed by atoms with van der Waals surface area (Å²) in [5.41, 5.74) is 4.08. The van der Waals surface area contributed by atoms with Gasteiger partial charge in [-0.1, -0.05) is 6.07 Å². The maximum atomic E-state index is 5.33. The van der Waals surface area contributed by atoms with Crippen molar-refractivity contribution in [3.05, 3.63) is 36.5 Å². The van der Waals surface area contributed by atoms with Crippen LogP contribution in [0.3, 0.4) is 0 Å². The van der Waals surface area contributed by atoms with Crippen molar-refractivity contribution in [3.63, 3.8) is 0 Å². The van der Waals surface area contributed by atoms with E-state index in [1.54, 1.807) is 6.20 Å². The Morgan fingerprint density at radius 1 is 1.05 bits per heavy atom. The number of benzene rings is 1. The number of nitrogens with zero attached hydrogens (tertiary/aromatic N) is 4. The number of pyridine rings is 1. The molecule has 4 N–H and O–H groups in total. The van der Waals surface area contributed by atoms with Gasteiger partial charge in [0, 0.05) is 11.6 Å². The number of anilines is 3. The molecule has 0 amide bonds. The molecule has 0 atom stereocenters. The zero-order valence-electron chi connectivity index (χ0n) is 11.2. The number of nitrogens with two attached hydrogens (primary N) is 1. The molecular formula is C13H13N7O. The number of hydrogen-bond donors (Lipinski definition) is 3. The first-order valence-corrected chi connectivity index (χ1v) is 6.17. The fourth-order valence-electron chi connectivity index (χ4n) is 1.90. The van der Waals surface area contributed by atoms with Crippen molar-refractivity contribution >= 4 is 28.5 Å². The fourth-order valence-corrected chi connectivity index (χ4v) is 1.90. The van der Waals surface area contributed by atoms with Crippen LogP contribution in [0.5, 0.6) is 6.01 Å². The highest BCUT2D eigenvalue weighted by molar-refractivity contribution is 5.92. The molecule has 0 aliphatic carbocycles. The summed E-state index contributed by atoms with van der Waals surface area (Å²) in [6.07, 6.45) is 1.74. The van der Waals surface area contributed by atoms with E-state index in [2.05, 4.69) is 30.7 Å². The molecule has 0 fully saturated rings. The Bertz CT molecular complexity index is 750. The number of ether oxygens (including phenoxy) is 1. The van der Waals surface area contributed by atoms with Crippen molar-refractivity contribution in [1.82, 2.24) is 19.9 Å². The molecule has 106 valence electrons. The number of nitrogen functional groups attached to an aromatic ring is 1. The average Bonchev–Trinajstić information content (AvgIpc) is 2.55. The number of aromatic nitrogens is 4. The van der Waals surface area contributed by atoms with Gasteiger partial charge in [-0.2, -0.15) is 15.0 Å². The van der Waals surface area contributed by atoms with Gasteiger partial charge in [-0.05, 0) is 24.3 Å². The maximum Gasteiger partial charge on any atom is 0.322 e. The third kappa shape index (κ3) is 2.65. The number of methoxy groups -OCH3 is 1. The summed E-state index contributed by atoms with van der Waals surface area (Å²) in [6, 6.07) is 9.74. The zero-order valence-corrected chi connectivity index (χ0v) is 11.2. The first kappa shape index (κ1) is 13.0. The normalized spacial score (nSPS) is 10.4. The molecule has 0 aliphatic rings. The molecule has 0 aliphatic heterocycles. The number of hydrogen-bond acceptors (Lipinski definition) is 8. The van der Waals surface area contributed by atoms with Crippen LogP contribution in [0.2, 0.25) is 0 Å². The highest BCUT2D eigenvalue weighted by Gasteiger charge is 2.08. The van der Waals surface area contributed by atoms with Crippen LogP contribution in [0.1, 0.15) is 0 Å². The molecule has 8 heteroatoms. The van der Waals surface area contributed by atoms with Gasteiger partial charge in [0.25, 0.3) is 0 Å². The lowest BCUT2D eigenvalue weighted by Gasteiger charge is -2.09. The summed E-state index contributed by atoms with van der Waals surface area (Å²) in [6.45, 7) is 0. The van der Waals surface area contributed by atoms with Crippen molar-refractivity contribution in [2.75, 3.05) is 17.9 Å². The third-order valence-corrected chi connectivity index (χ3v) is 2.82. The lowest BCUT2D eigenvalue weighted by Crippen LogP contribution is -2.13.